The molecule has 0 rings (SSSR count). The van der Waals surface area contributed by atoms with E-state index in [0.29, 0.717) is 6.42 Å². The molecule has 2 atom stereocenters. The van der Waals surface area contributed by atoms with E-state index in [2.05, 4.69) is 38.2 Å². The molecule has 0 saturated carbocycles. The van der Waals surface area contributed by atoms with Gasteiger partial charge in [0.1, 0.15) is 6.61 Å². The van der Waals surface area contributed by atoms with Crippen LogP contribution in [-0.2, 0) is 32.7 Å². The van der Waals surface area contributed by atoms with Crippen LogP contribution in [0.1, 0.15) is 239 Å². The minimum atomic E-state index is -4.38. The molecular weight excluding hydrogens is 750 g/mol. The van der Waals surface area contributed by atoms with E-state index in [1.54, 1.807) is 0 Å². The summed E-state index contributed by atoms with van der Waals surface area (Å²) in [5, 5.41) is 0. The summed E-state index contributed by atoms with van der Waals surface area (Å²) in [4.78, 5) is 35.0. The van der Waals surface area contributed by atoms with Crippen molar-refractivity contribution in [1.29, 1.82) is 0 Å². The highest BCUT2D eigenvalue weighted by atomic mass is 31.2. The summed E-state index contributed by atoms with van der Waals surface area (Å²) in [6.07, 6.45) is 49.3. The van der Waals surface area contributed by atoms with Crippen molar-refractivity contribution in [2.45, 2.75) is 245 Å². The number of nitrogens with two attached hydrogens (primary N) is 1. The summed E-state index contributed by atoms with van der Waals surface area (Å²) in [5.74, 6) is -0.835. The van der Waals surface area contributed by atoms with E-state index in [1.165, 1.54) is 148 Å². The molecule has 0 aromatic heterocycles. The molecule has 342 valence electrons. The molecule has 0 aliphatic heterocycles. The van der Waals surface area contributed by atoms with Crippen LogP contribution in [0.2, 0.25) is 0 Å². The van der Waals surface area contributed by atoms with Crippen LogP contribution >= 0.6 is 7.82 Å². The largest absolute Gasteiger partial charge is 0.472 e. The molecule has 0 aromatic rings. The summed E-state index contributed by atoms with van der Waals surface area (Å²) >= 11 is 0. The van der Waals surface area contributed by atoms with Crippen LogP contribution in [0.25, 0.3) is 0 Å². The van der Waals surface area contributed by atoms with Crippen molar-refractivity contribution in [3.63, 3.8) is 0 Å². The molecule has 9 nitrogen and oxygen atoms in total. The van der Waals surface area contributed by atoms with E-state index in [1.807, 2.05) is 0 Å². The number of esters is 2. The van der Waals surface area contributed by atoms with Crippen molar-refractivity contribution < 1.29 is 37.6 Å². The number of carbonyl (C=O) groups excluding carboxylic acids is 2. The number of allylic oxidation sites excluding steroid dienone is 4. The fourth-order valence-electron chi connectivity index (χ4n) is 6.98. The molecule has 3 N–H and O–H groups in total. The van der Waals surface area contributed by atoms with Gasteiger partial charge in [0, 0.05) is 19.4 Å². The molecule has 1 unspecified atom stereocenters. The Bertz CT molecular complexity index is 1010. The number of hydrogen-bond acceptors (Lipinski definition) is 8. The highest BCUT2D eigenvalue weighted by Crippen LogP contribution is 2.43. The number of rotatable bonds is 46. The van der Waals surface area contributed by atoms with Gasteiger partial charge < -0.3 is 20.1 Å². The van der Waals surface area contributed by atoms with Gasteiger partial charge in [-0.3, -0.25) is 18.6 Å². The number of ether oxygens (including phenoxy) is 2. The number of hydrogen-bond donors (Lipinski definition) is 2. The fourth-order valence-corrected chi connectivity index (χ4v) is 7.75. The van der Waals surface area contributed by atoms with Crippen LogP contribution in [-0.4, -0.2) is 49.3 Å². The van der Waals surface area contributed by atoms with Crippen LogP contribution in [0.4, 0.5) is 0 Å². The highest BCUT2D eigenvalue weighted by molar-refractivity contribution is 7.47. The standard InChI is InChI=1S/C48H92NO8P/c1-3-5-7-9-11-13-15-17-19-20-21-22-23-24-25-27-28-30-32-34-36-38-40-47(50)54-44-46(45-56-58(52,53)55-43-42-49)57-48(51)41-39-37-35-33-31-29-26-18-16-14-12-10-8-6-4-2/h14,16,18,26,46H,3-13,15,17,19-25,27-45,49H2,1-2H3,(H,52,53)/b16-14+,26-18+/t46-/m1/s1. The molecule has 58 heavy (non-hydrogen) atoms. The zero-order valence-electron chi connectivity index (χ0n) is 37.8. The third-order valence-electron chi connectivity index (χ3n) is 10.6. The molecule has 0 aliphatic carbocycles. The van der Waals surface area contributed by atoms with Crippen LogP contribution in [0.15, 0.2) is 24.3 Å². The summed E-state index contributed by atoms with van der Waals surface area (Å²) in [7, 11) is -4.38. The summed E-state index contributed by atoms with van der Waals surface area (Å²) in [6.45, 7) is 3.73. The van der Waals surface area contributed by atoms with Crippen molar-refractivity contribution >= 4 is 19.8 Å². The molecule has 0 radical (unpaired) electrons. The lowest BCUT2D eigenvalue weighted by Gasteiger charge is -2.19. The van der Waals surface area contributed by atoms with Crippen molar-refractivity contribution in [1.82, 2.24) is 0 Å². The zero-order valence-corrected chi connectivity index (χ0v) is 38.7. The van der Waals surface area contributed by atoms with Crippen molar-refractivity contribution in [2.75, 3.05) is 26.4 Å². The Morgan fingerprint density at radius 3 is 1.29 bits per heavy atom. The van der Waals surface area contributed by atoms with Crippen LogP contribution in [0.5, 0.6) is 0 Å². The van der Waals surface area contributed by atoms with E-state index >= 15 is 0 Å². The first-order valence-electron chi connectivity index (χ1n) is 24.3. The predicted octanol–water partition coefficient (Wildman–Crippen LogP) is 14.3. The Labute approximate surface area is 357 Å². The fraction of sp³-hybridized carbons (Fsp3) is 0.875. The second-order valence-corrected chi connectivity index (χ2v) is 17.8. The first kappa shape index (κ1) is 56.5. The van der Waals surface area contributed by atoms with Gasteiger partial charge in [-0.25, -0.2) is 4.57 Å². The van der Waals surface area contributed by atoms with E-state index < -0.39 is 26.5 Å². The van der Waals surface area contributed by atoms with Gasteiger partial charge in [0.25, 0.3) is 0 Å². The normalized spacial score (nSPS) is 13.4. The smallest absolute Gasteiger partial charge is 0.462 e. The minimum Gasteiger partial charge on any atom is -0.462 e. The third-order valence-corrected chi connectivity index (χ3v) is 11.6. The lowest BCUT2D eigenvalue weighted by molar-refractivity contribution is -0.161. The van der Waals surface area contributed by atoms with E-state index in [-0.39, 0.29) is 38.6 Å². The topological polar surface area (TPSA) is 134 Å². The monoisotopic (exact) mass is 842 g/mol. The summed E-state index contributed by atoms with van der Waals surface area (Å²) < 4.78 is 32.8. The number of phosphoric acid groups is 1. The van der Waals surface area contributed by atoms with Gasteiger partial charge in [-0.05, 0) is 38.5 Å². The minimum absolute atomic E-state index is 0.0524. The van der Waals surface area contributed by atoms with Gasteiger partial charge >= 0.3 is 19.8 Å². The molecule has 0 aliphatic rings. The van der Waals surface area contributed by atoms with Gasteiger partial charge in [-0.2, -0.15) is 0 Å². The van der Waals surface area contributed by atoms with Crippen molar-refractivity contribution in [3.8, 4) is 0 Å². The molecule has 0 saturated heterocycles. The molecule has 10 heteroatoms. The second-order valence-electron chi connectivity index (χ2n) is 16.4. The maximum atomic E-state index is 12.6. The van der Waals surface area contributed by atoms with Gasteiger partial charge in [-0.15, -0.1) is 0 Å². The Balaban J connectivity index is 4.03. The quantitative estimate of drug-likeness (QED) is 0.0266. The van der Waals surface area contributed by atoms with Gasteiger partial charge in [0.05, 0.1) is 13.2 Å². The zero-order chi connectivity index (χ0) is 42.5. The molecule has 0 amide bonds. The summed E-state index contributed by atoms with van der Waals surface area (Å²) in [5.41, 5.74) is 5.36. The number of unbranched alkanes of at least 4 members (excludes halogenated alkanes) is 30. The average molecular weight is 842 g/mol. The molecule has 0 fully saturated rings. The summed E-state index contributed by atoms with van der Waals surface area (Å²) in [6, 6.07) is 0. The van der Waals surface area contributed by atoms with Gasteiger partial charge in [-0.1, -0.05) is 212 Å². The Morgan fingerprint density at radius 2 is 0.879 bits per heavy atom. The second kappa shape index (κ2) is 45.0. The Morgan fingerprint density at radius 1 is 0.517 bits per heavy atom. The first-order chi connectivity index (χ1) is 28.3. The highest BCUT2D eigenvalue weighted by Gasteiger charge is 2.26. The van der Waals surface area contributed by atoms with Crippen molar-refractivity contribution in [2.24, 2.45) is 5.73 Å². The van der Waals surface area contributed by atoms with Crippen LogP contribution in [0.3, 0.4) is 0 Å². The number of phosphoric ester groups is 1. The Kier molecular flexibility index (Phi) is 43.9. The first-order valence-corrected chi connectivity index (χ1v) is 25.8. The lowest BCUT2D eigenvalue weighted by atomic mass is 10.0. The van der Waals surface area contributed by atoms with Gasteiger partial charge in [0.2, 0.25) is 0 Å². The maximum absolute atomic E-state index is 12.6. The molecule has 0 spiro atoms. The molecular formula is C48H92NO8P. The van der Waals surface area contributed by atoms with Crippen molar-refractivity contribution in [3.05, 3.63) is 24.3 Å². The molecule has 0 heterocycles. The lowest BCUT2D eigenvalue weighted by Crippen LogP contribution is -2.29. The predicted molar refractivity (Wildman–Crippen MR) is 243 cm³/mol. The average Bonchev–Trinajstić information content (AvgIpc) is 3.21. The van der Waals surface area contributed by atoms with E-state index in [4.69, 9.17) is 24.3 Å². The van der Waals surface area contributed by atoms with Gasteiger partial charge in [0.15, 0.2) is 6.10 Å². The SMILES string of the molecule is CCCCCC/C=C/C=C/CCCCCCCC(=O)O[C@H](COC(=O)CCCCCCCCCCCCCCCCCCCCCCCC)COP(=O)(O)OCCN. The van der Waals surface area contributed by atoms with Crippen LogP contribution in [0, 0.1) is 0 Å². The maximum Gasteiger partial charge on any atom is 0.472 e. The Hall–Kier alpha value is -1.51. The van der Waals surface area contributed by atoms with E-state index in [9.17, 15) is 19.0 Å². The van der Waals surface area contributed by atoms with Crippen LogP contribution < -0.4 is 5.73 Å². The molecule has 0 aromatic carbocycles. The third kappa shape index (κ3) is 44.1. The number of carbonyl (C=O) groups is 2. The van der Waals surface area contributed by atoms with E-state index in [0.717, 1.165) is 57.8 Å². The molecule has 0 bridgehead atoms.